The molecule has 0 spiro atoms. The lowest BCUT2D eigenvalue weighted by atomic mass is 9.95. The van der Waals surface area contributed by atoms with E-state index >= 15 is 0 Å². The van der Waals surface area contributed by atoms with Gasteiger partial charge in [0.2, 0.25) is 18.2 Å². The minimum atomic E-state index is -0.700. The standard InChI is InChI=1S/C42H46N4O6.C5H12O/c1-42(2,3)52-41(50)46-27-37(33-20-12-6-13-21-33)45(26-38(46)34-22-14-7-15-23-34)40(49)29-51-28-39(48)44-25-35(31-16-8-4-9-17-31)43(30-47)24-36(44)32-18-10-5-11-19-32;1-5(2,3)6-4/h4-23,30,35-38H,24-29H2,1-3H3;1-4H3. The molecule has 4 aromatic carbocycles. The van der Waals surface area contributed by atoms with Crippen molar-refractivity contribution in [3.05, 3.63) is 144 Å². The molecule has 0 N–H and O–H groups in total. The van der Waals surface area contributed by atoms with Crippen molar-refractivity contribution >= 4 is 24.3 Å². The van der Waals surface area contributed by atoms with E-state index in [-0.39, 0.29) is 62.3 Å². The van der Waals surface area contributed by atoms with Crippen molar-refractivity contribution in [2.75, 3.05) is 46.5 Å². The minimum Gasteiger partial charge on any atom is -0.444 e. The van der Waals surface area contributed by atoms with Crippen LogP contribution < -0.4 is 0 Å². The number of hydrogen-bond donors (Lipinski definition) is 0. The van der Waals surface area contributed by atoms with Crippen molar-refractivity contribution in [2.24, 2.45) is 0 Å². The summed E-state index contributed by atoms with van der Waals surface area (Å²) in [5.74, 6) is -0.566. The summed E-state index contributed by atoms with van der Waals surface area (Å²) < 4.78 is 16.7. The molecule has 2 fully saturated rings. The quantitative estimate of drug-likeness (QED) is 0.159. The zero-order chi connectivity index (χ0) is 41.9. The highest BCUT2D eigenvalue weighted by Crippen LogP contribution is 2.37. The number of methoxy groups -OCH3 is 1. The highest BCUT2D eigenvalue weighted by molar-refractivity contribution is 5.81. The fourth-order valence-electron chi connectivity index (χ4n) is 7.10. The van der Waals surface area contributed by atoms with Gasteiger partial charge >= 0.3 is 6.09 Å². The molecule has 2 aliphatic heterocycles. The molecule has 6 rings (SSSR count). The van der Waals surface area contributed by atoms with Crippen LogP contribution in [0.4, 0.5) is 4.79 Å². The first-order valence-electron chi connectivity index (χ1n) is 19.8. The lowest BCUT2D eigenvalue weighted by Gasteiger charge is -2.46. The number of rotatable bonds is 9. The Labute approximate surface area is 343 Å². The van der Waals surface area contributed by atoms with Gasteiger partial charge in [-0.3, -0.25) is 19.3 Å². The second kappa shape index (κ2) is 19.8. The smallest absolute Gasteiger partial charge is 0.410 e. The maximum Gasteiger partial charge on any atom is 0.410 e. The SMILES string of the molecule is CC(C)(C)OC(=O)N1CC(c2ccccc2)N(C(=O)COCC(=O)N2CC(c3ccccc3)N(C=O)CC2c2ccccc2)CC1c1ccccc1.COC(C)(C)C. The van der Waals surface area contributed by atoms with E-state index in [1.807, 2.05) is 163 Å². The lowest BCUT2D eigenvalue weighted by Crippen LogP contribution is -2.55. The van der Waals surface area contributed by atoms with Gasteiger partial charge in [-0.15, -0.1) is 0 Å². The number of carbonyl (C=O) groups excluding carboxylic acids is 4. The summed E-state index contributed by atoms with van der Waals surface area (Å²) in [5.41, 5.74) is 2.93. The van der Waals surface area contributed by atoms with Crippen LogP contribution in [0.15, 0.2) is 121 Å². The predicted molar refractivity (Wildman–Crippen MR) is 223 cm³/mol. The van der Waals surface area contributed by atoms with Gasteiger partial charge in [-0.05, 0) is 63.8 Å². The molecule has 308 valence electrons. The summed E-state index contributed by atoms with van der Waals surface area (Å²) in [6.45, 7) is 11.9. The molecule has 11 heteroatoms. The van der Waals surface area contributed by atoms with E-state index in [1.54, 1.807) is 26.7 Å². The van der Waals surface area contributed by atoms with Crippen LogP contribution in [0.2, 0.25) is 0 Å². The van der Waals surface area contributed by atoms with E-state index in [1.165, 1.54) is 0 Å². The van der Waals surface area contributed by atoms with Crippen LogP contribution in [-0.4, -0.2) is 102 Å². The highest BCUT2D eigenvalue weighted by Gasteiger charge is 2.42. The number of carbonyl (C=O) groups is 4. The van der Waals surface area contributed by atoms with Crippen molar-refractivity contribution in [1.29, 1.82) is 0 Å². The molecule has 0 saturated carbocycles. The van der Waals surface area contributed by atoms with E-state index in [2.05, 4.69) is 0 Å². The first-order chi connectivity index (χ1) is 27.7. The molecule has 0 bridgehead atoms. The number of ether oxygens (including phenoxy) is 3. The van der Waals surface area contributed by atoms with Gasteiger partial charge in [-0.25, -0.2) is 4.79 Å². The molecule has 0 aliphatic carbocycles. The molecule has 4 amide bonds. The van der Waals surface area contributed by atoms with Crippen LogP contribution in [0.5, 0.6) is 0 Å². The van der Waals surface area contributed by atoms with Crippen molar-refractivity contribution in [1.82, 2.24) is 19.6 Å². The second-order valence-electron chi connectivity index (χ2n) is 16.5. The number of amides is 4. The van der Waals surface area contributed by atoms with Gasteiger partial charge in [-0.2, -0.15) is 0 Å². The number of nitrogens with zero attached hydrogens (tertiary/aromatic N) is 4. The van der Waals surface area contributed by atoms with E-state index in [0.29, 0.717) is 6.54 Å². The first-order valence-corrected chi connectivity index (χ1v) is 19.8. The minimum absolute atomic E-state index is 0.0417. The van der Waals surface area contributed by atoms with Crippen LogP contribution in [-0.2, 0) is 28.6 Å². The topological polar surface area (TPSA) is 109 Å². The summed E-state index contributed by atoms with van der Waals surface area (Å²) in [6.07, 6.45) is 0.395. The Balaban J connectivity index is 0.000000992. The Kier molecular flexibility index (Phi) is 14.9. The van der Waals surface area contributed by atoms with Gasteiger partial charge in [-0.1, -0.05) is 121 Å². The van der Waals surface area contributed by atoms with E-state index in [4.69, 9.17) is 14.2 Å². The fraction of sp³-hybridized carbons (Fsp3) is 0.404. The van der Waals surface area contributed by atoms with Crippen molar-refractivity contribution < 1.29 is 33.4 Å². The lowest BCUT2D eigenvalue weighted by molar-refractivity contribution is -0.151. The second-order valence-corrected chi connectivity index (χ2v) is 16.5. The maximum atomic E-state index is 14.1. The Morgan fingerprint density at radius 1 is 0.534 bits per heavy atom. The zero-order valence-corrected chi connectivity index (χ0v) is 34.8. The summed E-state index contributed by atoms with van der Waals surface area (Å²) in [7, 11) is 1.71. The van der Waals surface area contributed by atoms with Gasteiger partial charge in [0.1, 0.15) is 18.8 Å². The van der Waals surface area contributed by atoms with Gasteiger partial charge in [0, 0.05) is 33.3 Å². The van der Waals surface area contributed by atoms with Crippen LogP contribution in [0.1, 0.15) is 88.0 Å². The monoisotopic (exact) mass is 790 g/mol. The molecule has 4 aromatic rings. The van der Waals surface area contributed by atoms with Gasteiger partial charge in [0.05, 0.1) is 29.8 Å². The number of hydrogen-bond acceptors (Lipinski definition) is 7. The predicted octanol–water partition coefficient (Wildman–Crippen LogP) is 7.78. The Bertz CT molecular complexity index is 1920. The largest absolute Gasteiger partial charge is 0.444 e. The first kappa shape index (κ1) is 43.6. The third-order valence-corrected chi connectivity index (χ3v) is 10.2. The third kappa shape index (κ3) is 11.8. The van der Waals surface area contributed by atoms with Crippen molar-refractivity contribution in [2.45, 2.75) is 76.9 Å². The van der Waals surface area contributed by atoms with E-state index in [0.717, 1.165) is 28.7 Å². The highest BCUT2D eigenvalue weighted by atomic mass is 16.6. The summed E-state index contributed by atoms with van der Waals surface area (Å²) in [6, 6.07) is 36.9. The third-order valence-electron chi connectivity index (χ3n) is 10.2. The zero-order valence-electron chi connectivity index (χ0n) is 34.8. The summed E-state index contributed by atoms with van der Waals surface area (Å²) >= 11 is 0. The van der Waals surface area contributed by atoms with Crippen LogP contribution in [0.25, 0.3) is 0 Å². The Morgan fingerprint density at radius 3 is 1.22 bits per heavy atom. The summed E-state index contributed by atoms with van der Waals surface area (Å²) in [5, 5.41) is 0. The molecule has 2 heterocycles. The fourth-order valence-corrected chi connectivity index (χ4v) is 7.10. The molecule has 2 aliphatic rings. The summed E-state index contributed by atoms with van der Waals surface area (Å²) in [4.78, 5) is 61.0. The molecule has 0 aromatic heterocycles. The van der Waals surface area contributed by atoms with Crippen LogP contribution in [0.3, 0.4) is 0 Å². The molecule has 2 saturated heterocycles. The van der Waals surface area contributed by atoms with E-state index in [9.17, 15) is 19.2 Å². The molecular weight excluding hydrogens is 733 g/mol. The Hall–Kier alpha value is -5.52. The van der Waals surface area contributed by atoms with Gasteiger partial charge in [0.25, 0.3) is 0 Å². The van der Waals surface area contributed by atoms with Crippen molar-refractivity contribution in [3.8, 4) is 0 Å². The molecular formula is C47H58N4O7. The van der Waals surface area contributed by atoms with Gasteiger partial charge < -0.3 is 28.9 Å². The average Bonchev–Trinajstić information content (AvgIpc) is 3.23. The van der Waals surface area contributed by atoms with Gasteiger partial charge in [0.15, 0.2) is 0 Å². The van der Waals surface area contributed by atoms with E-state index < -0.39 is 23.8 Å². The average molecular weight is 791 g/mol. The molecule has 11 nitrogen and oxygen atoms in total. The molecule has 0 radical (unpaired) electrons. The van der Waals surface area contributed by atoms with Crippen LogP contribution >= 0.6 is 0 Å². The number of benzene rings is 4. The normalized spacial score (nSPS) is 19.8. The molecule has 58 heavy (non-hydrogen) atoms. The maximum absolute atomic E-state index is 14.1. The number of piperazine rings is 2. The van der Waals surface area contributed by atoms with Crippen LogP contribution in [0, 0.1) is 0 Å². The van der Waals surface area contributed by atoms with Crippen molar-refractivity contribution in [3.63, 3.8) is 0 Å². The molecule has 4 atom stereocenters. The Morgan fingerprint density at radius 2 is 0.862 bits per heavy atom. The molecule has 4 unspecified atom stereocenters.